The predicted octanol–water partition coefficient (Wildman–Crippen LogP) is 1.05. The van der Waals surface area contributed by atoms with E-state index in [9.17, 15) is 4.79 Å². The van der Waals surface area contributed by atoms with E-state index >= 15 is 0 Å². The van der Waals surface area contributed by atoms with Crippen LogP contribution in [-0.4, -0.2) is 27.3 Å². The van der Waals surface area contributed by atoms with Gasteiger partial charge in [0.25, 0.3) is 5.91 Å². The van der Waals surface area contributed by atoms with Crippen molar-refractivity contribution in [1.82, 2.24) is 14.8 Å². The Hall–Kier alpha value is -2.57. The van der Waals surface area contributed by atoms with Gasteiger partial charge in [-0.3, -0.25) is 9.48 Å². The molecule has 2 aromatic rings. The molecule has 100 valence electrons. The number of pyridine rings is 1. The van der Waals surface area contributed by atoms with Crippen LogP contribution in [-0.2, 0) is 7.05 Å². The lowest BCUT2D eigenvalue weighted by Crippen LogP contribution is -2.17. The lowest BCUT2D eigenvalue weighted by atomic mass is 10.3. The maximum atomic E-state index is 12.0. The van der Waals surface area contributed by atoms with Gasteiger partial charge < -0.3 is 15.8 Å². The summed E-state index contributed by atoms with van der Waals surface area (Å²) in [5, 5.41) is 6.61. The molecule has 0 aromatic carbocycles. The van der Waals surface area contributed by atoms with E-state index < -0.39 is 0 Å². The summed E-state index contributed by atoms with van der Waals surface area (Å²) in [5.74, 6) is 0.184. The van der Waals surface area contributed by atoms with Gasteiger partial charge in [-0.2, -0.15) is 5.10 Å². The second kappa shape index (κ2) is 5.38. The van der Waals surface area contributed by atoms with E-state index in [4.69, 9.17) is 10.5 Å². The quantitative estimate of drug-likeness (QED) is 0.857. The molecule has 0 unspecified atom stereocenters. The summed E-state index contributed by atoms with van der Waals surface area (Å²) in [6.07, 6.45) is 2.96. The summed E-state index contributed by atoms with van der Waals surface area (Å²) in [6.45, 7) is 2.42. The molecule has 0 aliphatic carbocycles. The van der Waals surface area contributed by atoms with Crippen molar-refractivity contribution in [3.8, 4) is 5.88 Å². The number of carbonyl (C=O) groups excluding carboxylic acids is 1. The van der Waals surface area contributed by atoms with Gasteiger partial charge in [-0.25, -0.2) is 4.98 Å². The molecule has 0 aliphatic rings. The van der Waals surface area contributed by atoms with Crippen molar-refractivity contribution in [2.75, 3.05) is 17.7 Å². The van der Waals surface area contributed by atoms with Crippen molar-refractivity contribution < 1.29 is 9.53 Å². The van der Waals surface area contributed by atoms with Crippen molar-refractivity contribution >= 4 is 17.3 Å². The van der Waals surface area contributed by atoms with Gasteiger partial charge in [0.1, 0.15) is 5.69 Å². The first kappa shape index (κ1) is 12.9. The maximum absolute atomic E-state index is 12.0. The molecule has 3 N–H and O–H groups in total. The van der Waals surface area contributed by atoms with Gasteiger partial charge in [-0.1, -0.05) is 0 Å². The summed E-state index contributed by atoms with van der Waals surface area (Å²) in [7, 11) is 1.65. The van der Waals surface area contributed by atoms with E-state index in [0.717, 1.165) is 0 Å². The topological polar surface area (TPSA) is 95.1 Å². The molecule has 0 saturated heterocycles. The molecular formula is C12H15N5O2. The minimum atomic E-state index is -0.330. The second-order valence-corrected chi connectivity index (χ2v) is 3.84. The summed E-state index contributed by atoms with van der Waals surface area (Å²) in [4.78, 5) is 16.1. The number of hydrogen-bond acceptors (Lipinski definition) is 5. The minimum absolute atomic E-state index is 0.314. The molecular weight excluding hydrogens is 246 g/mol. The van der Waals surface area contributed by atoms with Crippen LogP contribution < -0.4 is 15.8 Å². The Bertz CT molecular complexity index is 557. The average molecular weight is 261 g/mol. The number of anilines is 2. The number of nitrogens with zero attached hydrogens (tertiary/aromatic N) is 3. The fraction of sp³-hybridized carbons (Fsp3) is 0.250. The van der Waals surface area contributed by atoms with Gasteiger partial charge in [-0.15, -0.1) is 0 Å². The van der Waals surface area contributed by atoms with E-state index in [0.29, 0.717) is 29.6 Å². The zero-order valence-corrected chi connectivity index (χ0v) is 10.8. The zero-order chi connectivity index (χ0) is 13.8. The number of ether oxygens (including phenoxy) is 1. The number of nitrogens with one attached hydrogen (secondary N) is 1. The van der Waals surface area contributed by atoms with E-state index in [1.54, 1.807) is 19.2 Å². The number of nitrogen functional groups attached to an aromatic ring is 1. The van der Waals surface area contributed by atoms with Crippen molar-refractivity contribution in [3.63, 3.8) is 0 Å². The molecule has 7 nitrogen and oxygen atoms in total. The molecule has 0 bridgehead atoms. The average Bonchev–Trinajstić information content (AvgIpc) is 2.72. The molecule has 7 heteroatoms. The van der Waals surface area contributed by atoms with E-state index in [1.165, 1.54) is 17.1 Å². The minimum Gasteiger partial charge on any atom is -0.478 e. The molecule has 0 spiro atoms. The monoisotopic (exact) mass is 261 g/mol. The largest absolute Gasteiger partial charge is 0.478 e. The van der Waals surface area contributed by atoms with E-state index in [2.05, 4.69) is 15.4 Å². The molecule has 0 radical (unpaired) electrons. The Balaban J connectivity index is 2.11. The highest BCUT2D eigenvalue weighted by Crippen LogP contribution is 2.15. The van der Waals surface area contributed by atoms with E-state index in [-0.39, 0.29) is 5.91 Å². The number of aromatic nitrogens is 3. The third-order valence-electron chi connectivity index (χ3n) is 2.47. The predicted molar refractivity (Wildman–Crippen MR) is 71.0 cm³/mol. The third kappa shape index (κ3) is 2.82. The van der Waals surface area contributed by atoms with Crippen molar-refractivity contribution in [2.24, 2.45) is 7.05 Å². The van der Waals surface area contributed by atoms with Crippen molar-refractivity contribution in [2.45, 2.75) is 6.92 Å². The molecule has 0 saturated carbocycles. The van der Waals surface area contributed by atoms with Gasteiger partial charge in [-0.05, 0) is 13.0 Å². The smallest absolute Gasteiger partial charge is 0.276 e. The van der Waals surface area contributed by atoms with Gasteiger partial charge in [0.05, 0.1) is 30.4 Å². The van der Waals surface area contributed by atoms with Gasteiger partial charge in [0, 0.05) is 13.1 Å². The fourth-order valence-corrected chi connectivity index (χ4v) is 1.61. The van der Waals surface area contributed by atoms with Gasteiger partial charge in [0.2, 0.25) is 5.88 Å². The third-order valence-corrected chi connectivity index (χ3v) is 2.47. The van der Waals surface area contributed by atoms with Crippen LogP contribution in [0.4, 0.5) is 11.4 Å². The fourth-order valence-electron chi connectivity index (χ4n) is 1.61. The number of rotatable bonds is 4. The van der Waals surface area contributed by atoms with Crippen LogP contribution in [0.25, 0.3) is 0 Å². The van der Waals surface area contributed by atoms with Crippen LogP contribution in [0.15, 0.2) is 24.5 Å². The zero-order valence-electron chi connectivity index (χ0n) is 10.8. The lowest BCUT2D eigenvalue weighted by Gasteiger charge is -2.07. The Morgan fingerprint density at radius 1 is 1.47 bits per heavy atom. The standard InChI is InChI=1S/C12H15N5O2/c1-3-19-10-5-4-8(6-14-10)16-12(18)11-9(13)7-15-17(11)2/h4-7H,3,13H2,1-2H3,(H,16,18). The molecule has 0 fully saturated rings. The molecule has 2 aromatic heterocycles. The van der Waals surface area contributed by atoms with Crippen LogP contribution in [0, 0.1) is 0 Å². The van der Waals surface area contributed by atoms with Gasteiger partial charge in [0.15, 0.2) is 0 Å². The Kier molecular flexibility index (Phi) is 3.65. The van der Waals surface area contributed by atoms with Crippen LogP contribution in [0.3, 0.4) is 0 Å². The Morgan fingerprint density at radius 3 is 2.79 bits per heavy atom. The highest BCUT2D eigenvalue weighted by atomic mass is 16.5. The summed E-state index contributed by atoms with van der Waals surface area (Å²) < 4.78 is 6.64. The SMILES string of the molecule is CCOc1ccc(NC(=O)c2c(N)cnn2C)cn1. The number of aryl methyl sites for hydroxylation is 1. The molecule has 0 aliphatic heterocycles. The molecule has 2 rings (SSSR count). The summed E-state index contributed by atoms with van der Waals surface area (Å²) in [6, 6.07) is 3.40. The first-order valence-corrected chi connectivity index (χ1v) is 5.79. The summed E-state index contributed by atoms with van der Waals surface area (Å²) in [5.41, 5.74) is 6.89. The molecule has 2 heterocycles. The number of nitrogens with two attached hydrogens (primary N) is 1. The second-order valence-electron chi connectivity index (χ2n) is 3.84. The Morgan fingerprint density at radius 2 is 2.26 bits per heavy atom. The van der Waals surface area contributed by atoms with Crippen LogP contribution >= 0.6 is 0 Å². The number of carbonyl (C=O) groups is 1. The summed E-state index contributed by atoms with van der Waals surface area (Å²) >= 11 is 0. The van der Waals surface area contributed by atoms with Crippen LogP contribution in [0.2, 0.25) is 0 Å². The lowest BCUT2D eigenvalue weighted by molar-refractivity contribution is 0.101. The number of hydrogen-bond donors (Lipinski definition) is 2. The molecule has 1 amide bonds. The van der Waals surface area contributed by atoms with E-state index in [1.807, 2.05) is 6.92 Å². The van der Waals surface area contributed by atoms with Crippen LogP contribution in [0.1, 0.15) is 17.4 Å². The van der Waals surface area contributed by atoms with Crippen molar-refractivity contribution in [1.29, 1.82) is 0 Å². The first-order valence-electron chi connectivity index (χ1n) is 5.79. The van der Waals surface area contributed by atoms with Crippen LogP contribution in [0.5, 0.6) is 5.88 Å². The highest BCUT2D eigenvalue weighted by Gasteiger charge is 2.15. The number of amides is 1. The maximum Gasteiger partial charge on any atom is 0.276 e. The first-order chi connectivity index (χ1) is 9.11. The molecule has 0 atom stereocenters. The van der Waals surface area contributed by atoms with Gasteiger partial charge >= 0.3 is 0 Å². The highest BCUT2D eigenvalue weighted by molar-refractivity contribution is 6.06. The molecule has 19 heavy (non-hydrogen) atoms. The Labute approximate surface area is 110 Å². The normalized spacial score (nSPS) is 10.2. The van der Waals surface area contributed by atoms with Crippen molar-refractivity contribution in [3.05, 3.63) is 30.2 Å².